The molecular formula is C21H29N5. The van der Waals surface area contributed by atoms with E-state index in [0.717, 1.165) is 43.0 Å². The van der Waals surface area contributed by atoms with Crippen molar-refractivity contribution in [2.24, 2.45) is 10.7 Å². The molecule has 3 rings (SSSR count). The number of anilines is 2. The van der Waals surface area contributed by atoms with Gasteiger partial charge >= 0.3 is 0 Å². The lowest BCUT2D eigenvalue weighted by Gasteiger charge is -2.16. The van der Waals surface area contributed by atoms with Crippen LogP contribution in [0, 0.1) is 0 Å². The highest BCUT2D eigenvalue weighted by Gasteiger charge is 2.13. The summed E-state index contributed by atoms with van der Waals surface area (Å²) in [6.07, 6.45) is 6.35. The molecule has 3 N–H and O–H groups in total. The van der Waals surface area contributed by atoms with Gasteiger partial charge in [-0.05, 0) is 48.4 Å². The van der Waals surface area contributed by atoms with E-state index in [0.29, 0.717) is 12.5 Å². The Labute approximate surface area is 156 Å². The Bertz CT molecular complexity index is 723. The molecule has 0 spiro atoms. The van der Waals surface area contributed by atoms with Gasteiger partial charge in [-0.3, -0.25) is 0 Å². The first-order chi connectivity index (χ1) is 12.7. The summed E-state index contributed by atoms with van der Waals surface area (Å²) in [6, 6.07) is 10.5. The number of nitrogens with two attached hydrogens (primary N) is 1. The van der Waals surface area contributed by atoms with Gasteiger partial charge in [-0.25, -0.2) is 9.98 Å². The predicted octanol–water partition coefficient (Wildman–Crippen LogP) is 3.73. The highest BCUT2D eigenvalue weighted by Crippen LogP contribution is 2.22. The van der Waals surface area contributed by atoms with E-state index in [9.17, 15) is 0 Å². The molecule has 138 valence electrons. The van der Waals surface area contributed by atoms with Crippen molar-refractivity contribution in [3.8, 4) is 0 Å². The number of guanidine groups is 1. The van der Waals surface area contributed by atoms with E-state index in [1.54, 1.807) is 0 Å². The number of hydrogen-bond donors (Lipinski definition) is 2. The van der Waals surface area contributed by atoms with Crippen molar-refractivity contribution in [3.05, 3.63) is 53.2 Å². The van der Waals surface area contributed by atoms with Crippen LogP contribution in [-0.4, -0.2) is 24.0 Å². The molecule has 0 unspecified atom stereocenters. The molecular weight excluding hydrogens is 322 g/mol. The van der Waals surface area contributed by atoms with Crippen LogP contribution in [0.3, 0.4) is 0 Å². The van der Waals surface area contributed by atoms with Crippen molar-refractivity contribution >= 4 is 17.5 Å². The fourth-order valence-electron chi connectivity index (χ4n) is 3.39. The summed E-state index contributed by atoms with van der Waals surface area (Å²) in [5.74, 6) is 1.51. The Hall–Kier alpha value is -2.56. The number of nitrogens with one attached hydrogen (secondary N) is 1. The SMILES string of the molecule is CCc1cccc(CC)c1NC(N)=NCc1ccc(N2CCCC2)nc1. The van der Waals surface area contributed by atoms with Gasteiger partial charge in [-0.1, -0.05) is 38.1 Å². The van der Waals surface area contributed by atoms with E-state index in [-0.39, 0.29) is 0 Å². The minimum atomic E-state index is 0.448. The molecule has 5 heteroatoms. The van der Waals surface area contributed by atoms with E-state index in [1.165, 1.54) is 24.0 Å². The fourth-order valence-corrected chi connectivity index (χ4v) is 3.39. The van der Waals surface area contributed by atoms with Crippen LogP contribution in [0.1, 0.15) is 43.4 Å². The number of aryl methyl sites for hydroxylation is 2. The van der Waals surface area contributed by atoms with Crippen LogP contribution < -0.4 is 16.0 Å². The minimum absolute atomic E-state index is 0.448. The molecule has 0 aliphatic carbocycles. The van der Waals surface area contributed by atoms with Crippen molar-refractivity contribution in [2.45, 2.75) is 46.1 Å². The lowest BCUT2D eigenvalue weighted by Crippen LogP contribution is -2.24. The third kappa shape index (κ3) is 4.34. The summed E-state index contributed by atoms with van der Waals surface area (Å²) in [4.78, 5) is 11.4. The molecule has 26 heavy (non-hydrogen) atoms. The topological polar surface area (TPSA) is 66.5 Å². The molecule has 1 aromatic carbocycles. The van der Waals surface area contributed by atoms with Gasteiger partial charge in [0.05, 0.1) is 6.54 Å². The number of rotatable bonds is 6. The molecule has 5 nitrogen and oxygen atoms in total. The van der Waals surface area contributed by atoms with Crippen LogP contribution in [0.15, 0.2) is 41.5 Å². The monoisotopic (exact) mass is 351 g/mol. The van der Waals surface area contributed by atoms with Gasteiger partial charge < -0.3 is 16.0 Å². The van der Waals surface area contributed by atoms with Crippen LogP contribution in [0.25, 0.3) is 0 Å². The van der Waals surface area contributed by atoms with Gasteiger partial charge in [0.15, 0.2) is 5.96 Å². The zero-order valence-corrected chi connectivity index (χ0v) is 15.8. The molecule has 1 saturated heterocycles. The average Bonchev–Trinajstić information content (AvgIpc) is 3.21. The van der Waals surface area contributed by atoms with Gasteiger partial charge in [0, 0.05) is 25.0 Å². The summed E-state index contributed by atoms with van der Waals surface area (Å²) in [5.41, 5.74) is 10.8. The van der Waals surface area contributed by atoms with E-state index in [1.807, 2.05) is 6.20 Å². The fraction of sp³-hybridized carbons (Fsp3) is 0.429. The third-order valence-electron chi connectivity index (χ3n) is 4.92. The molecule has 1 aliphatic heterocycles. The molecule has 2 heterocycles. The smallest absolute Gasteiger partial charge is 0.193 e. The minimum Gasteiger partial charge on any atom is -0.370 e. The Morgan fingerprint density at radius 1 is 1.12 bits per heavy atom. The first-order valence-corrected chi connectivity index (χ1v) is 9.58. The van der Waals surface area contributed by atoms with Crippen LogP contribution >= 0.6 is 0 Å². The Kier molecular flexibility index (Phi) is 6.10. The summed E-state index contributed by atoms with van der Waals surface area (Å²) < 4.78 is 0. The van der Waals surface area contributed by atoms with Crippen LogP contribution in [0.5, 0.6) is 0 Å². The zero-order chi connectivity index (χ0) is 18.4. The quantitative estimate of drug-likeness (QED) is 0.615. The third-order valence-corrected chi connectivity index (χ3v) is 4.92. The van der Waals surface area contributed by atoms with Crippen LogP contribution in [0.4, 0.5) is 11.5 Å². The lowest BCUT2D eigenvalue weighted by molar-refractivity contribution is 0.928. The normalized spacial score (nSPS) is 14.7. The molecule has 1 aromatic heterocycles. The summed E-state index contributed by atoms with van der Waals surface area (Å²) in [5, 5.41) is 3.31. The van der Waals surface area contributed by atoms with Gasteiger partial charge in [-0.15, -0.1) is 0 Å². The Morgan fingerprint density at radius 3 is 2.38 bits per heavy atom. The highest BCUT2D eigenvalue weighted by molar-refractivity contribution is 5.93. The second kappa shape index (κ2) is 8.70. The Balaban J connectivity index is 1.65. The van der Waals surface area contributed by atoms with Crippen LogP contribution in [0.2, 0.25) is 0 Å². The van der Waals surface area contributed by atoms with E-state index >= 15 is 0 Å². The molecule has 0 amide bonds. The number of benzene rings is 1. The van der Waals surface area contributed by atoms with E-state index in [4.69, 9.17) is 5.73 Å². The van der Waals surface area contributed by atoms with Crippen LogP contribution in [-0.2, 0) is 19.4 Å². The largest absolute Gasteiger partial charge is 0.370 e. The molecule has 0 atom stereocenters. The second-order valence-electron chi connectivity index (χ2n) is 6.70. The molecule has 2 aromatic rings. The lowest BCUT2D eigenvalue weighted by atomic mass is 10.0. The number of nitrogens with zero attached hydrogens (tertiary/aromatic N) is 3. The van der Waals surface area contributed by atoms with Crippen molar-refractivity contribution in [1.29, 1.82) is 0 Å². The summed E-state index contributed by atoms with van der Waals surface area (Å²) >= 11 is 0. The first-order valence-electron chi connectivity index (χ1n) is 9.58. The maximum Gasteiger partial charge on any atom is 0.193 e. The second-order valence-corrected chi connectivity index (χ2v) is 6.70. The maximum atomic E-state index is 6.14. The van der Waals surface area contributed by atoms with Crippen molar-refractivity contribution in [1.82, 2.24) is 4.98 Å². The number of aromatic nitrogens is 1. The molecule has 0 saturated carbocycles. The maximum absolute atomic E-state index is 6.14. The molecule has 1 aliphatic rings. The standard InChI is InChI=1S/C21H29N5/c1-3-17-8-7-9-18(4-2)20(17)25-21(22)24-15-16-10-11-19(23-14-16)26-12-5-6-13-26/h7-11,14H,3-6,12-13,15H2,1-2H3,(H3,22,24,25). The van der Waals surface area contributed by atoms with Crippen molar-refractivity contribution < 1.29 is 0 Å². The first kappa shape index (κ1) is 18.2. The molecule has 0 bridgehead atoms. The zero-order valence-electron chi connectivity index (χ0n) is 15.8. The Morgan fingerprint density at radius 2 is 1.81 bits per heavy atom. The van der Waals surface area contributed by atoms with Gasteiger partial charge in [0.25, 0.3) is 0 Å². The molecule has 1 fully saturated rings. The van der Waals surface area contributed by atoms with Crippen molar-refractivity contribution in [2.75, 3.05) is 23.3 Å². The van der Waals surface area contributed by atoms with Gasteiger partial charge in [-0.2, -0.15) is 0 Å². The summed E-state index contributed by atoms with van der Waals surface area (Å²) in [7, 11) is 0. The summed E-state index contributed by atoms with van der Waals surface area (Å²) in [6.45, 7) is 7.06. The van der Waals surface area contributed by atoms with Crippen molar-refractivity contribution in [3.63, 3.8) is 0 Å². The number of pyridine rings is 1. The van der Waals surface area contributed by atoms with E-state index < -0.39 is 0 Å². The van der Waals surface area contributed by atoms with E-state index in [2.05, 4.69) is 64.4 Å². The number of aliphatic imine (C=N–C) groups is 1. The van der Waals surface area contributed by atoms with Gasteiger partial charge in [0.1, 0.15) is 5.82 Å². The number of hydrogen-bond acceptors (Lipinski definition) is 3. The average molecular weight is 351 g/mol. The highest BCUT2D eigenvalue weighted by atomic mass is 15.2. The van der Waals surface area contributed by atoms with Gasteiger partial charge in [0.2, 0.25) is 0 Å². The molecule has 0 radical (unpaired) electrons. The predicted molar refractivity (Wildman–Crippen MR) is 110 cm³/mol. The number of para-hydroxylation sites is 1.